The fraction of sp³-hybridized carbons (Fsp3) is 0.200. The lowest BCUT2D eigenvalue weighted by Gasteiger charge is -2.25. The van der Waals surface area contributed by atoms with Crippen molar-refractivity contribution in [2.75, 3.05) is 10.8 Å². The van der Waals surface area contributed by atoms with Crippen molar-refractivity contribution < 1.29 is 13.2 Å². The number of hydrogen-bond donors (Lipinski definition) is 1. The number of anilines is 1. The number of sulfonamides is 1. The standard InChI is InChI=1S/C30H31ClN4O3S/c1-5-24-8-6-7-9-29(24)34(39(37,38)28-16-10-21(2)11-17-28)20-30(36)33-32-19-25-18-22(3)35(23(25)4)27-14-12-26(31)13-15-27/h6-19H,5,20H2,1-4H3,(H,33,36)/b32-19-. The van der Waals surface area contributed by atoms with Crippen LogP contribution in [0.3, 0.4) is 0 Å². The highest BCUT2D eigenvalue weighted by Gasteiger charge is 2.28. The van der Waals surface area contributed by atoms with Gasteiger partial charge in [-0.2, -0.15) is 5.10 Å². The zero-order valence-corrected chi connectivity index (χ0v) is 23.9. The van der Waals surface area contributed by atoms with Gasteiger partial charge in [0, 0.05) is 27.7 Å². The van der Waals surface area contributed by atoms with Crippen LogP contribution in [0.4, 0.5) is 5.69 Å². The third kappa shape index (κ3) is 6.24. The van der Waals surface area contributed by atoms with E-state index in [1.54, 1.807) is 42.6 Å². The smallest absolute Gasteiger partial charge is 0.264 e. The Morgan fingerprint density at radius 3 is 2.33 bits per heavy atom. The van der Waals surface area contributed by atoms with Crippen LogP contribution in [0.15, 0.2) is 88.9 Å². The molecule has 0 saturated heterocycles. The van der Waals surface area contributed by atoms with Crippen LogP contribution in [-0.2, 0) is 21.2 Å². The Kier molecular flexibility index (Phi) is 8.57. The molecule has 0 atom stereocenters. The van der Waals surface area contributed by atoms with Gasteiger partial charge in [-0.25, -0.2) is 13.8 Å². The van der Waals surface area contributed by atoms with Crippen LogP contribution in [0.25, 0.3) is 5.69 Å². The van der Waals surface area contributed by atoms with Gasteiger partial charge in [0.2, 0.25) is 0 Å². The number of carbonyl (C=O) groups is 1. The molecule has 4 aromatic rings. The third-order valence-corrected chi connectivity index (χ3v) is 8.51. The summed E-state index contributed by atoms with van der Waals surface area (Å²) in [5, 5.41) is 4.80. The topological polar surface area (TPSA) is 83.8 Å². The van der Waals surface area contributed by atoms with E-state index >= 15 is 0 Å². The number of carbonyl (C=O) groups excluding carboxylic acids is 1. The number of halogens is 1. The Balaban J connectivity index is 1.57. The van der Waals surface area contributed by atoms with Crippen molar-refractivity contribution in [1.82, 2.24) is 9.99 Å². The van der Waals surface area contributed by atoms with E-state index in [9.17, 15) is 13.2 Å². The summed E-state index contributed by atoms with van der Waals surface area (Å²) in [6.07, 6.45) is 2.17. The molecule has 39 heavy (non-hydrogen) atoms. The number of aryl methyl sites for hydroxylation is 3. The van der Waals surface area contributed by atoms with Gasteiger partial charge in [-0.05, 0) is 81.3 Å². The van der Waals surface area contributed by atoms with Gasteiger partial charge in [0.15, 0.2) is 0 Å². The highest BCUT2D eigenvalue weighted by Crippen LogP contribution is 2.28. The SMILES string of the molecule is CCc1ccccc1N(CC(=O)N/N=C\c1cc(C)n(-c2ccc(Cl)cc2)c1C)S(=O)(=O)c1ccc(C)cc1. The molecule has 7 nitrogen and oxygen atoms in total. The molecule has 0 aliphatic rings. The molecule has 0 saturated carbocycles. The van der Waals surface area contributed by atoms with E-state index in [0.717, 1.165) is 38.1 Å². The normalized spacial score (nSPS) is 11.6. The van der Waals surface area contributed by atoms with Gasteiger partial charge in [0.1, 0.15) is 6.54 Å². The Morgan fingerprint density at radius 1 is 1.00 bits per heavy atom. The molecule has 0 radical (unpaired) electrons. The average molecular weight is 563 g/mol. The van der Waals surface area contributed by atoms with Crippen molar-refractivity contribution in [3.63, 3.8) is 0 Å². The van der Waals surface area contributed by atoms with Crippen molar-refractivity contribution in [2.24, 2.45) is 5.10 Å². The molecule has 1 aromatic heterocycles. The summed E-state index contributed by atoms with van der Waals surface area (Å²) in [7, 11) is -4.01. The maximum Gasteiger partial charge on any atom is 0.264 e. The number of para-hydroxylation sites is 1. The van der Waals surface area contributed by atoms with Crippen molar-refractivity contribution in [3.05, 3.63) is 112 Å². The van der Waals surface area contributed by atoms with Gasteiger partial charge in [0.25, 0.3) is 15.9 Å². The molecule has 0 aliphatic heterocycles. The highest BCUT2D eigenvalue weighted by atomic mass is 35.5. The molecule has 1 N–H and O–H groups in total. The summed E-state index contributed by atoms with van der Waals surface area (Å²) in [6.45, 7) is 7.35. The minimum atomic E-state index is -4.01. The maximum atomic E-state index is 13.7. The molecule has 4 rings (SSSR count). The minimum Gasteiger partial charge on any atom is -0.318 e. The molecule has 202 valence electrons. The lowest BCUT2D eigenvalue weighted by atomic mass is 10.1. The molecule has 0 aliphatic carbocycles. The largest absolute Gasteiger partial charge is 0.318 e. The minimum absolute atomic E-state index is 0.116. The molecule has 3 aromatic carbocycles. The summed E-state index contributed by atoms with van der Waals surface area (Å²) < 4.78 is 30.6. The Morgan fingerprint density at radius 2 is 1.67 bits per heavy atom. The zero-order chi connectivity index (χ0) is 28.2. The second-order valence-corrected chi connectivity index (χ2v) is 11.5. The number of rotatable bonds is 9. The molecule has 1 heterocycles. The number of amides is 1. The predicted octanol–water partition coefficient (Wildman–Crippen LogP) is 5.96. The second kappa shape index (κ2) is 11.9. The summed E-state index contributed by atoms with van der Waals surface area (Å²) in [5.41, 5.74) is 8.44. The van der Waals surface area contributed by atoms with Crippen LogP contribution in [0.2, 0.25) is 5.02 Å². The monoisotopic (exact) mass is 562 g/mol. The van der Waals surface area contributed by atoms with Gasteiger partial charge in [0.05, 0.1) is 16.8 Å². The first-order valence-electron chi connectivity index (χ1n) is 12.6. The lowest BCUT2D eigenvalue weighted by Crippen LogP contribution is -2.40. The molecule has 0 bridgehead atoms. The summed E-state index contributed by atoms with van der Waals surface area (Å²) in [4.78, 5) is 13.1. The van der Waals surface area contributed by atoms with E-state index in [1.807, 2.05) is 70.2 Å². The number of nitrogens with one attached hydrogen (secondary N) is 1. The van der Waals surface area contributed by atoms with Crippen LogP contribution in [0.1, 0.15) is 35.0 Å². The van der Waals surface area contributed by atoms with E-state index in [-0.39, 0.29) is 4.90 Å². The molecular weight excluding hydrogens is 532 g/mol. The lowest BCUT2D eigenvalue weighted by molar-refractivity contribution is -0.119. The second-order valence-electron chi connectivity index (χ2n) is 9.24. The van der Waals surface area contributed by atoms with Crippen LogP contribution >= 0.6 is 11.6 Å². The summed E-state index contributed by atoms with van der Waals surface area (Å²) in [6, 6.07) is 23.3. The number of benzene rings is 3. The predicted molar refractivity (Wildman–Crippen MR) is 158 cm³/mol. The Labute approximate surface area is 234 Å². The van der Waals surface area contributed by atoms with Crippen molar-refractivity contribution in [1.29, 1.82) is 0 Å². The molecular formula is C30H31ClN4O3S. The fourth-order valence-electron chi connectivity index (χ4n) is 4.44. The van der Waals surface area contributed by atoms with Crippen LogP contribution in [-0.4, -0.2) is 31.7 Å². The van der Waals surface area contributed by atoms with Gasteiger partial charge in [-0.15, -0.1) is 0 Å². The zero-order valence-electron chi connectivity index (χ0n) is 22.3. The van der Waals surface area contributed by atoms with Gasteiger partial charge in [-0.3, -0.25) is 9.10 Å². The number of aromatic nitrogens is 1. The first-order chi connectivity index (χ1) is 18.6. The quantitative estimate of drug-likeness (QED) is 0.202. The third-order valence-electron chi connectivity index (χ3n) is 6.49. The highest BCUT2D eigenvalue weighted by molar-refractivity contribution is 7.92. The molecule has 9 heteroatoms. The van der Waals surface area contributed by atoms with E-state index < -0.39 is 22.5 Å². The fourth-order valence-corrected chi connectivity index (χ4v) is 6.02. The number of hydrogen-bond acceptors (Lipinski definition) is 4. The Bertz CT molecular complexity index is 1610. The number of hydrazone groups is 1. The van der Waals surface area contributed by atoms with Crippen LogP contribution in [0.5, 0.6) is 0 Å². The molecule has 0 fully saturated rings. The van der Waals surface area contributed by atoms with E-state index in [1.165, 1.54) is 0 Å². The number of nitrogens with zero attached hydrogens (tertiary/aromatic N) is 3. The molecule has 1 amide bonds. The molecule has 0 unspecified atom stereocenters. The van der Waals surface area contributed by atoms with E-state index in [2.05, 4.69) is 15.1 Å². The summed E-state index contributed by atoms with van der Waals surface area (Å²) in [5.74, 6) is -0.556. The van der Waals surface area contributed by atoms with Gasteiger partial charge in [-0.1, -0.05) is 54.4 Å². The maximum absolute atomic E-state index is 13.7. The molecule has 0 spiro atoms. The van der Waals surface area contributed by atoms with Crippen molar-refractivity contribution in [2.45, 2.75) is 39.0 Å². The van der Waals surface area contributed by atoms with E-state index in [4.69, 9.17) is 11.6 Å². The average Bonchev–Trinajstić information content (AvgIpc) is 3.20. The van der Waals surface area contributed by atoms with Gasteiger partial charge >= 0.3 is 0 Å². The van der Waals surface area contributed by atoms with Crippen LogP contribution < -0.4 is 9.73 Å². The Hall–Kier alpha value is -3.88. The van der Waals surface area contributed by atoms with Gasteiger partial charge < -0.3 is 4.57 Å². The van der Waals surface area contributed by atoms with Crippen molar-refractivity contribution in [3.8, 4) is 5.69 Å². The first kappa shape index (κ1) is 28.1. The van der Waals surface area contributed by atoms with Crippen LogP contribution in [0, 0.1) is 20.8 Å². The van der Waals surface area contributed by atoms with E-state index in [0.29, 0.717) is 17.1 Å². The first-order valence-corrected chi connectivity index (χ1v) is 14.4. The summed E-state index contributed by atoms with van der Waals surface area (Å²) >= 11 is 6.03. The van der Waals surface area contributed by atoms with Crippen molar-refractivity contribution >= 4 is 39.4 Å².